The van der Waals surface area contributed by atoms with E-state index in [1.54, 1.807) is 42.8 Å². The minimum Gasteiger partial charge on any atom is -0.497 e. The van der Waals surface area contributed by atoms with E-state index >= 15 is 0 Å². The fraction of sp³-hybridized carbons (Fsp3) is 0.0833. The monoisotopic (exact) mass is 250 g/mol. The number of hydrogen-bond donors (Lipinski definition) is 1. The second-order valence-electron chi connectivity index (χ2n) is 3.20. The van der Waals surface area contributed by atoms with Crippen molar-refractivity contribution < 1.29 is 19.4 Å². The zero-order chi connectivity index (χ0) is 12.3. The Balaban J connectivity index is 2.19. The van der Waals surface area contributed by atoms with E-state index in [0.717, 1.165) is 17.1 Å². The number of ether oxygens (including phenoxy) is 2. The highest BCUT2D eigenvalue weighted by molar-refractivity contribution is 7.12. The van der Waals surface area contributed by atoms with Crippen LogP contribution < -0.4 is 9.47 Å². The summed E-state index contributed by atoms with van der Waals surface area (Å²) in [6.07, 6.45) is 0. The highest BCUT2D eigenvalue weighted by atomic mass is 32.1. The first-order chi connectivity index (χ1) is 8.20. The van der Waals surface area contributed by atoms with Crippen LogP contribution in [0.3, 0.4) is 0 Å². The van der Waals surface area contributed by atoms with E-state index in [-0.39, 0.29) is 4.88 Å². The molecule has 5 heteroatoms. The van der Waals surface area contributed by atoms with Crippen molar-refractivity contribution in [2.75, 3.05) is 7.11 Å². The number of hydrogen-bond acceptors (Lipinski definition) is 4. The average Bonchev–Trinajstić information content (AvgIpc) is 2.78. The van der Waals surface area contributed by atoms with Crippen molar-refractivity contribution in [1.82, 2.24) is 0 Å². The number of benzene rings is 1. The van der Waals surface area contributed by atoms with Gasteiger partial charge in [0, 0.05) is 0 Å². The number of carboxylic acids is 1. The van der Waals surface area contributed by atoms with Crippen LogP contribution in [0.4, 0.5) is 0 Å². The third kappa shape index (κ3) is 2.57. The molecule has 0 saturated carbocycles. The lowest BCUT2D eigenvalue weighted by Crippen LogP contribution is -1.95. The van der Waals surface area contributed by atoms with Crippen LogP contribution in [0.5, 0.6) is 17.2 Å². The minimum absolute atomic E-state index is 0.195. The molecule has 88 valence electrons. The molecule has 0 amide bonds. The van der Waals surface area contributed by atoms with E-state index in [1.807, 2.05) is 0 Å². The zero-order valence-corrected chi connectivity index (χ0v) is 9.86. The topological polar surface area (TPSA) is 55.8 Å². The summed E-state index contributed by atoms with van der Waals surface area (Å²) in [6, 6.07) is 8.59. The van der Waals surface area contributed by atoms with Gasteiger partial charge >= 0.3 is 5.97 Å². The van der Waals surface area contributed by atoms with E-state index in [2.05, 4.69) is 0 Å². The number of carboxylic acid groups (broad SMARTS) is 1. The molecule has 0 aliphatic heterocycles. The molecule has 0 bridgehead atoms. The normalized spacial score (nSPS) is 9.94. The first kappa shape index (κ1) is 11.5. The third-order valence-corrected chi connectivity index (χ3v) is 2.99. The second kappa shape index (κ2) is 4.88. The maximum absolute atomic E-state index is 10.9. The van der Waals surface area contributed by atoms with Gasteiger partial charge in [0.25, 0.3) is 0 Å². The predicted molar refractivity (Wildman–Crippen MR) is 64.3 cm³/mol. The van der Waals surface area contributed by atoms with Crippen molar-refractivity contribution in [1.29, 1.82) is 0 Å². The molecule has 2 rings (SSSR count). The summed E-state index contributed by atoms with van der Waals surface area (Å²) in [7, 11) is 1.58. The smallest absolute Gasteiger partial charge is 0.349 e. The maximum Gasteiger partial charge on any atom is 0.349 e. The lowest BCUT2D eigenvalue weighted by Gasteiger charge is -2.05. The van der Waals surface area contributed by atoms with Crippen molar-refractivity contribution in [3.8, 4) is 17.2 Å². The molecule has 17 heavy (non-hydrogen) atoms. The van der Waals surface area contributed by atoms with Crippen LogP contribution in [0, 0.1) is 0 Å². The van der Waals surface area contributed by atoms with Crippen LogP contribution in [0.1, 0.15) is 9.67 Å². The van der Waals surface area contributed by atoms with Crippen molar-refractivity contribution in [2.24, 2.45) is 0 Å². The van der Waals surface area contributed by atoms with Gasteiger partial charge in [0.2, 0.25) is 0 Å². The molecule has 1 N–H and O–H groups in total. The Morgan fingerprint density at radius 3 is 2.41 bits per heavy atom. The largest absolute Gasteiger partial charge is 0.497 e. The van der Waals surface area contributed by atoms with Gasteiger partial charge in [-0.3, -0.25) is 0 Å². The van der Waals surface area contributed by atoms with Crippen LogP contribution in [0.15, 0.2) is 35.7 Å². The quantitative estimate of drug-likeness (QED) is 0.905. The number of carbonyl (C=O) groups is 1. The Bertz CT molecular complexity index is 516. The van der Waals surface area contributed by atoms with Crippen molar-refractivity contribution >= 4 is 17.3 Å². The van der Waals surface area contributed by atoms with Crippen LogP contribution in [0.25, 0.3) is 0 Å². The van der Waals surface area contributed by atoms with Crippen LogP contribution in [0.2, 0.25) is 0 Å². The van der Waals surface area contributed by atoms with E-state index < -0.39 is 5.97 Å². The van der Waals surface area contributed by atoms with Gasteiger partial charge in [-0.2, -0.15) is 0 Å². The maximum atomic E-state index is 10.9. The van der Waals surface area contributed by atoms with E-state index in [0.29, 0.717) is 11.5 Å². The summed E-state index contributed by atoms with van der Waals surface area (Å²) in [5, 5.41) is 10.6. The highest BCUT2D eigenvalue weighted by Crippen LogP contribution is 2.30. The molecule has 1 aromatic heterocycles. The summed E-state index contributed by atoms with van der Waals surface area (Å²) in [4.78, 5) is 11.1. The molecule has 2 aromatic rings. The van der Waals surface area contributed by atoms with Crippen LogP contribution >= 0.6 is 11.3 Å². The summed E-state index contributed by atoms with van der Waals surface area (Å²) in [6.45, 7) is 0. The first-order valence-electron chi connectivity index (χ1n) is 4.83. The summed E-state index contributed by atoms with van der Waals surface area (Å²) in [5.41, 5.74) is 0. The van der Waals surface area contributed by atoms with E-state index in [1.165, 1.54) is 0 Å². The van der Waals surface area contributed by atoms with Crippen LogP contribution in [-0.4, -0.2) is 18.2 Å². The molecule has 1 heterocycles. The van der Waals surface area contributed by atoms with Gasteiger partial charge in [-0.1, -0.05) is 0 Å². The SMILES string of the molecule is COc1ccc(Oc2ccsc2C(=O)O)cc1. The number of aromatic carboxylic acids is 1. The van der Waals surface area contributed by atoms with Gasteiger partial charge in [-0.25, -0.2) is 4.79 Å². The summed E-state index contributed by atoms with van der Waals surface area (Å²) in [5.74, 6) is 0.670. The number of methoxy groups -OCH3 is 1. The standard InChI is InChI=1S/C12H10O4S/c1-15-8-2-4-9(5-3-8)16-10-6-7-17-11(10)12(13)14/h2-7H,1H3,(H,13,14). The van der Waals surface area contributed by atoms with Gasteiger partial charge in [-0.05, 0) is 35.7 Å². The predicted octanol–water partition coefficient (Wildman–Crippen LogP) is 3.25. The number of thiophene rings is 1. The fourth-order valence-corrected chi connectivity index (χ4v) is 1.96. The lowest BCUT2D eigenvalue weighted by atomic mass is 10.3. The van der Waals surface area contributed by atoms with Gasteiger partial charge in [0.05, 0.1) is 7.11 Å². The molecule has 0 unspecified atom stereocenters. The Hall–Kier alpha value is -2.01. The van der Waals surface area contributed by atoms with E-state index in [4.69, 9.17) is 14.6 Å². The molecule has 4 nitrogen and oxygen atoms in total. The van der Waals surface area contributed by atoms with Gasteiger partial charge in [-0.15, -0.1) is 11.3 Å². The van der Waals surface area contributed by atoms with Crippen LogP contribution in [-0.2, 0) is 0 Å². The van der Waals surface area contributed by atoms with Crippen molar-refractivity contribution in [2.45, 2.75) is 0 Å². The molecule has 0 saturated heterocycles. The minimum atomic E-state index is -0.983. The highest BCUT2D eigenvalue weighted by Gasteiger charge is 2.13. The van der Waals surface area contributed by atoms with Gasteiger partial charge < -0.3 is 14.6 Å². The molecule has 0 aliphatic carbocycles. The van der Waals surface area contributed by atoms with Crippen molar-refractivity contribution in [3.05, 3.63) is 40.6 Å². The molecule has 1 aromatic carbocycles. The molecule has 0 atom stereocenters. The Labute approximate surface area is 102 Å². The summed E-state index contributed by atoms with van der Waals surface area (Å²) >= 11 is 1.14. The Morgan fingerprint density at radius 2 is 1.82 bits per heavy atom. The molecule has 0 aliphatic rings. The number of rotatable bonds is 4. The molecular formula is C12H10O4S. The fourth-order valence-electron chi connectivity index (χ4n) is 1.30. The Morgan fingerprint density at radius 1 is 1.18 bits per heavy atom. The zero-order valence-electron chi connectivity index (χ0n) is 9.04. The molecule has 0 spiro atoms. The third-order valence-electron chi connectivity index (χ3n) is 2.11. The van der Waals surface area contributed by atoms with Gasteiger partial charge in [0.15, 0.2) is 10.6 Å². The Kier molecular flexibility index (Phi) is 3.30. The van der Waals surface area contributed by atoms with Gasteiger partial charge in [0.1, 0.15) is 11.5 Å². The molecule has 0 fully saturated rings. The lowest BCUT2D eigenvalue weighted by molar-refractivity contribution is 0.0700. The van der Waals surface area contributed by atoms with E-state index in [9.17, 15) is 4.79 Å². The first-order valence-corrected chi connectivity index (χ1v) is 5.71. The second-order valence-corrected chi connectivity index (χ2v) is 4.11. The summed E-state index contributed by atoms with van der Waals surface area (Å²) < 4.78 is 10.5. The molecule has 0 radical (unpaired) electrons. The van der Waals surface area contributed by atoms with Crippen molar-refractivity contribution in [3.63, 3.8) is 0 Å². The average molecular weight is 250 g/mol. The molecular weight excluding hydrogens is 240 g/mol.